The molecule has 2 heterocycles. The monoisotopic (exact) mass is 313 g/mol. The van der Waals surface area contributed by atoms with Crippen LogP contribution in [0.3, 0.4) is 0 Å². The fourth-order valence-corrected chi connectivity index (χ4v) is 2.96. The van der Waals surface area contributed by atoms with Crippen LogP contribution in [-0.4, -0.2) is 55.7 Å². The van der Waals surface area contributed by atoms with Gasteiger partial charge in [0.25, 0.3) is 0 Å². The quantitative estimate of drug-likeness (QED) is 0.795. The van der Waals surface area contributed by atoms with E-state index in [1.165, 1.54) is 25.8 Å². The highest BCUT2D eigenvalue weighted by Gasteiger charge is 2.36. The maximum absolute atomic E-state index is 11.8. The smallest absolute Gasteiger partial charge is 0.239 e. The van der Waals surface area contributed by atoms with Gasteiger partial charge >= 0.3 is 0 Å². The second-order valence-corrected chi connectivity index (χ2v) is 5.06. The lowest BCUT2D eigenvalue weighted by Crippen LogP contribution is -2.52. The SMILES string of the molecule is COCC(N)C(=O)NC1CCN2CCCCC12.Cl.Cl. The van der Waals surface area contributed by atoms with Crippen molar-refractivity contribution in [2.75, 3.05) is 26.8 Å². The van der Waals surface area contributed by atoms with E-state index >= 15 is 0 Å². The summed E-state index contributed by atoms with van der Waals surface area (Å²) in [6.45, 7) is 2.57. The number of piperidine rings is 1. The summed E-state index contributed by atoms with van der Waals surface area (Å²) in [6, 6.07) is 0.269. The molecule has 0 aromatic heterocycles. The van der Waals surface area contributed by atoms with E-state index in [4.69, 9.17) is 10.5 Å². The molecule has 0 bridgehead atoms. The number of ether oxygens (including phenoxy) is 1. The number of nitrogens with one attached hydrogen (secondary N) is 1. The first-order valence-corrected chi connectivity index (χ1v) is 6.51. The molecule has 2 aliphatic heterocycles. The van der Waals surface area contributed by atoms with Crippen molar-refractivity contribution < 1.29 is 9.53 Å². The minimum atomic E-state index is -0.544. The average Bonchev–Trinajstić information content (AvgIpc) is 2.73. The summed E-state index contributed by atoms with van der Waals surface area (Å²) in [5.41, 5.74) is 5.72. The summed E-state index contributed by atoms with van der Waals surface area (Å²) < 4.78 is 4.90. The van der Waals surface area contributed by atoms with Crippen LogP contribution in [0.25, 0.3) is 0 Å². The molecule has 5 nitrogen and oxygen atoms in total. The van der Waals surface area contributed by atoms with Gasteiger partial charge in [-0.25, -0.2) is 0 Å². The molecule has 0 aliphatic carbocycles. The molecule has 0 spiro atoms. The van der Waals surface area contributed by atoms with E-state index in [-0.39, 0.29) is 43.4 Å². The third-order valence-electron chi connectivity index (χ3n) is 3.87. The Bertz CT molecular complexity index is 282. The first-order valence-electron chi connectivity index (χ1n) is 6.51. The van der Waals surface area contributed by atoms with Crippen LogP contribution < -0.4 is 11.1 Å². The van der Waals surface area contributed by atoms with Crippen LogP contribution in [0.15, 0.2) is 0 Å². The first kappa shape index (κ1) is 18.9. The topological polar surface area (TPSA) is 67.6 Å². The van der Waals surface area contributed by atoms with Crippen molar-refractivity contribution in [2.45, 2.75) is 43.8 Å². The molecule has 0 aromatic carbocycles. The van der Waals surface area contributed by atoms with Gasteiger partial charge in [0.2, 0.25) is 5.91 Å². The number of fused-ring (bicyclic) bond motifs is 1. The number of rotatable bonds is 4. The van der Waals surface area contributed by atoms with Gasteiger partial charge < -0.3 is 15.8 Å². The number of hydrogen-bond donors (Lipinski definition) is 2. The molecule has 2 aliphatic rings. The van der Waals surface area contributed by atoms with Crippen molar-refractivity contribution in [3.05, 3.63) is 0 Å². The Labute approximate surface area is 127 Å². The Morgan fingerprint density at radius 1 is 1.37 bits per heavy atom. The molecule has 0 saturated carbocycles. The third-order valence-corrected chi connectivity index (χ3v) is 3.87. The van der Waals surface area contributed by atoms with Crippen LogP contribution in [0, 0.1) is 0 Å². The zero-order valence-corrected chi connectivity index (χ0v) is 13.0. The zero-order chi connectivity index (χ0) is 12.3. The number of carbonyl (C=O) groups is 1. The molecule has 3 atom stereocenters. The Morgan fingerprint density at radius 2 is 2.11 bits per heavy atom. The van der Waals surface area contributed by atoms with Gasteiger partial charge in [-0.05, 0) is 25.8 Å². The van der Waals surface area contributed by atoms with E-state index in [0.717, 1.165) is 13.0 Å². The predicted octanol–water partition coefficient (Wildman–Crippen LogP) is 0.547. The highest BCUT2D eigenvalue weighted by Crippen LogP contribution is 2.27. The molecular weight excluding hydrogens is 289 g/mol. The minimum Gasteiger partial charge on any atom is -0.383 e. The highest BCUT2D eigenvalue weighted by atomic mass is 35.5. The molecule has 3 unspecified atom stereocenters. The van der Waals surface area contributed by atoms with Crippen molar-refractivity contribution >= 4 is 30.7 Å². The fraction of sp³-hybridized carbons (Fsp3) is 0.917. The van der Waals surface area contributed by atoms with E-state index < -0.39 is 6.04 Å². The van der Waals surface area contributed by atoms with Gasteiger partial charge in [-0.1, -0.05) is 6.42 Å². The van der Waals surface area contributed by atoms with E-state index in [9.17, 15) is 4.79 Å². The number of halogens is 2. The molecule has 1 amide bonds. The Hall–Kier alpha value is -0.0700. The Balaban J connectivity index is 0.00000162. The van der Waals surface area contributed by atoms with Crippen LogP contribution in [0.1, 0.15) is 25.7 Å². The average molecular weight is 314 g/mol. The van der Waals surface area contributed by atoms with Crippen molar-refractivity contribution in [3.8, 4) is 0 Å². The van der Waals surface area contributed by atoms with Crippen molar-refractivity contribution in [2.24, 2.45) is 5.73 Å². The summed E-state index contributed by atoms with van der Waals surface area (Å²) in [4.78, 5) is 14.3. The second-order valence-electron chi connectivity index (χ2n) is 5.06. The van der Waals surface area contributed by atoms with Crippen LogP contribution in [0.4, 0.5) is 0 Å². The number of methoxy groups -OCH3 is 1. The number of hydrogen-bond acceptors (Lipinski definition) is 4. The van der Waals surface area contributed by atoms with Crippen molar-refractivity contribution in [1.82, 2.24) is 10.2 Å². The van der Waals surface area contributed by atoms with Gasteiger partial charge in [-0.2, -0.15) is 0 Å². The zero-order valence-electron chi connectivity index (χ0n) is 11.3. The molecule has 7 heteroatoms. The molecular formula is C12H25Cl2N3O2. The van der Waals surface area contributed by atoms with Gasteiger partial charge in [0.05, 0.1) is 6.61 Å². The lowest BCUT2D eigenvalue weighted by atomic mass is 9.99. The highest BCUT2D eigenvalue weighted by molar-refractivity contribution is 5.85. The van der Waals surface area contributed by atoms with Gasteiger partial charge in [0.15, 0.2) is 0 Å². The lowest BCUT2D eigenvalue weighted by molar-refractivity contribution is -0.124. The standard InChI is InChI=1S/C12H23N3O2.2ClH/c1-17-8-9(13)12(16)14-10-5-7-15-6-3-2-4-11(10)15;;/h9-11H,2-8,13H2,1H3,(H,14,16);2*1H. The van der Waals surface area contributed by atoms with Crippen LogP contribution in [0.5, 0.6) is 0 Å². The third kappa shape index (κ3) is 4.76. The number of nitrogens with zero attached hydrogens (tertiary/aromatic N) is 1. The molecule has 0 radical (unpaired) electrons. The number of amides is 1. The van der Waals surface area contributed by atoms with Crippen LogP contribution >= 0.6 is 24.8 Å². The van der Waals surface area contributed by atoms with Gasteiger partial charge in [-0.3, -0.25) is 9.69 Å². The van der Waals surface area contributed by atoms with Crippen LogP contribution in [0.2, 0.25) is 0 Å². The van der Waals surface area contributed by atoms with E-state index in [0.29, 0.717) is 6.04 Å². The van der Waals surface area contributed by atoms with Gasteiger partial charge in [0.1, 0.15) is 6.04 Å². The first-order chi connectivity index (χ1) is 8.22. The minimum absolute atomic E-state index is 0. The summed E-state index contributed by atoms with van der Waals surface area (Å²) in [5, 5.41) is 3.08. The fourth-order valence-electron chi connectivity index (χ4n) is 2.96. The summed E-state index contributed by atoms with van der Waals surface area (Å²) >= 11 is 0. The maximum Gasteiger partial charge on any atom is 0.239 e. The summed E-state index contributed by atoms with van der Waals surface area (Å²) in [5.74, 6) is -0.0794. The molecule has 2 saturated heterocycles. The Kier molecular flexibility index (Phi) is 8.94. The maximum atomic E-state index is 11.8. The van der Waals surface area contributed by atoms with Crippen molar-refractivity contribution in [1.29, 1.82) is 0 Å². The summed E-state index contributed by atoms with van der Waals surface area (Å²) in [6.07, 6.45) is 4.82. The Morgan fingerprint density at radius 3 is 2.79 bits per heavy atom. The van der Waals surface area contributed by atoms with Crippen molar-refractivity contribution in [3.63, 3.8) is 0 Å². The lowest BCUT2D eigenvalue weighted by Gasteiger charge is -2.32. The van der Waals surface area contributed by atoms with Gasteiger partial charge in [-0.15, -0.1) is 24.8 Å². The molecule has 2 fully saturated rings. The molecule has 3 N–H and O–H groups in total. The predicted molar refractivity (Wildman–Crippen MR) is 80.1 cm³/mol. The second kappa shape index (κ2) is 8.97. The largest absolute Gasteiger partial charge is 0.383 e. The molecule has 114 valence electrons. The molecule has 0 aromatic rings. The van der Waals surface area contributed by atoms with Crippen LogP contribution in [-0.2, 0) is 9.53 Å². The normalized spacial score (nSPS) is 27.7. The van der Waals surface area contributed by atoms with E-state index in [1.807, 2.05) is 0 Å². The molecule has 2 rings (SSSR count). The molecule has 19 heavy (non-hydrogen) atoms. The number of carbonyl (C=O) groups excluding carboxylic acids is 1. The van der Waals surface area contributed by atoms with E-state index in [1.54, 1.807) is 7.11 Å². The summed E-state index contributed by atoms with van der Waals surface area (Å²) in [7, 11) is 1.56. The van der Waals surface area contributed by atoms with E-state index in [2.05, 4.69) is 10.2 Å². The van der Waals surface area contributed by atoms with Gasteiger partial charge in [0, 0.05) is 25.7 Å². The number of nitrogens with two attached hydrogens (primary N) is 1.